The molecule has 0 aliphatic carbocycles. The van der Waals surface area contributed by atoms with Crippen molar-refractivity contribution in [3.8, 4) is 5.88 Å². The van der Waals surface area contributed by atoms with Crippen molar-refractivity contribution >= 4 is 11.6 Å². The zero-order valence-corrected chi connectivity index (χ0v) is 12.0. The third-order valence-electron chi connectivity index (χ3n) is 3.57. The Morgan fingerprint density at radius 1 is 1.28 bits per heavy atom. The van der Waals surface area contributed by atoms with Crippen LogP contribution >= 0.6 is 11.6 Å². The molecule has 1 aromatic heterocycles. The van der Waals surface area contributed by atoms with Gasteiger partial charge in [-0.15, -0.1) is 0 Å². The molecular weight excluding hydrogens is 250 g/mol. The van der Waals surface area contributed by atoms with Crippen LogP contribution in [0.5, 0.6) is 5.88 Å². The Morgan fingerprint density at radius 3 is 2.72 bits per heavy atom. The van der Waals surface area contributed by atoms with E-state index in [9.17, 15) is 0 Å². The zero-order chi connectivity index (χ0) is 13.1. The summed E-state index contributed by atoms with van der Waals surface area (Å²) in [6, 6.07) is 0.457. The number of likely N-dealkylation sites (tertiary alicyclic amines) is 1. The highest BCUT2D eigenvalue weighted by molar-refractivity contribution is 6.30. The molecule has 1 unspecified atom stereocenters. The molecule has 1 aromatic rings. The van der Waals surface area contributed by atoms with Crippen molar-refractivity contribution < 1.29 is 4.74 Å². The molecule has 1 aliphatic heterocycles. The number of halogens is 1. The molecule has 1 saturated heterocycles. The quantitative estimate of drug-likeness (QED) is 0.846. The van der Waals surface area contributed by atoms with Gasteiger partial charge in [-0.05, 0) is 40.3 Å². The van der Waals surface area contributed by atoms with E-state index in [1.807, 2.05) is 13.8 Å². The number of aromatic nitrogens is 2. The smallest absolute Gasteiger partial charge is 0.252 e. The second-order valence-electron chi connectivity index (χ2n) is 4.93. The van der Waals surface area contributed by atoms with E-state index in [2.05, 4.69) is 21.9 Å². The maximum atomic E-state index is 6.04. The Labute approximate surface area is 113 Å². The number of likely N-dealkylation sites (N-methyl/N-ethyl adjacent to an activating group) is 1. The molecule has 0 radical (unpaired) electrons. The lowest BCUT2D eigenvalue weighted by Gasteiger charge is -2.32. The van der Waals surface area contributed by atoms with Crippen LogP contribution in [-0.2, 0) is 0 Å². The van der Waals surface area contributed by atoms with Crippen LogP contribution in [-0.4, -0.2) is 41.1 Å². The summed E-state index contributed by atoms with van der Waals surface area (Å²) in [6.07, 6.45) is 3.72. The monoisotopic (exact) mass is 269 g/mol. The van der Waals surface area contributed by atoms with Crippen molar-refractivity contribution in [1.29, 1.82) is 0 Å². The van der Waals surface area contributed by atoms with Gasteiger partial charge in [-0.3, -0.25) is 0 Å². The van der Waals surface area contributed by atoms with Crippen molar-refractivity contribution in [3.05, 3.63) is 16.5 Å². The van der Waals surface area contributed by atoms with Crippen molar-refractivity contribution in [2.75, 3.05) is 20.2 Å². The Morgan fingerprint density at radius 2 is 2.00 bits per heavy atom. The van der Waals surface area contributed by atoms with Crippen LogP contribution < -0.4 is 4.74 Å². The van der Waals surface area contributed by atoms with Crippen LogP contribution in [0.1, 0.15) is 30.7 Å². The highest BCUT2D eigenvalue weighted by atomic mass is 35.5. The Balaban J connectivity index is 1.99. The Bertz CT molecular complexity index is 425. The van der Waals surface area contributed by atoms with Crippen molar-refractivity contribution in [2.24, 2.45) is 0 Å². The summed E-state index contributed by atoms with van der Waals surface area (Å²) >= 11 is 6.04. The van der Waals surface area contributed by atoms with Crippen LogP contribution in [0.4, 0.5) is 0 Å². The number of piperidine rings is 1. The lowest BCUT2D eigenvalue weighted by atomic mass is 10.0. The van der Waals surface area contributed by atoms with Gasteiger partial charge in [0.1, 0.15) is 6.61 Å². The summed E-state index contributed by atoms with van der Waals surface area (Å²) in [7, 11) is 2.14. The first-order valence-corrected chi connectivity index (χ1v) is 6.79. The first kappa shape index (κ1) is 13.6. The fraction of sp³-hybridized carbons (Fsp3) is 0.692. The molecule has 1 aliphatic rings. The second-order valence-corrected chi connectivity index (χ2v) is 5.29. The van der Waals surface area contributed by atoms with Gasteiger partial charge in [0.15, 0.2) is 5.15 Å². The molecule has 0 bridgehead atoms. The van der Waals surface area contributed by atoms with Gasteiger partial charge in [-0.2, -0.15) is 0 Å². The average molecular weight is 270 g/mol. The van der Waals surface area contributed by atoms with Gasteiger partial charge >= 0.3 is 0 Å². The number of ether oxygens (including phenoxy) is 1. The van der Waals surface area contributed by atoms with Gasteiger partial charge in [-0.25, -0.2) is 9.97 Å². The van der Waals surface area contributed by atoms with E-state index in [4.69, 9.17) is 16.3 Å². The third kappa shape index (κ3) is 3.12. The minimum atomic E-state index is 0.358. The van der Waals surface area contributed by atoms with Crippen LogP contribution in [0.3, 0.4) is 0 Å². The van der Waals surface area contributed by atoms with E-state index in [-0.39, 0.29) is 0 Å². The molecule has 2 rings (SSSR count). The van der Waals surface area contributed by atoms with Gasteiger partial charge in [0.25, 0.3) is 5.88 Å². The SMILES string of the molecule is Cc1nc(Cl)c(OCC2CCCCN2C)nc1C. The Hall–Kier alpha value is -0.870. The summed E-state index contributed by atoms with van der Waals surface area (Å²) in [5.41, 5.74) is 1.72. The number of rotatable bonds is 3. The standard InChI is InChI=1S/C13H20ClN3O/c1-9-10(2)16-13(12(14)15-9)18-8-11-6-4-5-7-17(11)3/h11H,4-8H2,1-3H3. The van der Waals surface area contributed by atoms with Gasteiger partial charge in [0.05, 0.1) is 11.4 Å². The highest BCUT2D eigenvalue weighted by Crippen LogP contribution is 2.22. The molecule has 0 aromatic carbocycles. The molecule has 1 fully saturated rings. The number of nitrogens with zero attached hydrogens (tertiary/aromatic N) is 3. The minimum Gasteiger partial charge on any atom is -0.474 e. The average Bonchev–Trinajstić information content (AvgIpc) is 2.34. The summed E-state index contributed by atoms with van der Waals surface area (Å²) in [5, 5.41) is 0.358. The van der Waals surface area contributed by atoms with Crippen LogP contribution in [0.2, 0.25) is 5.15 Å². The van der Waals surface area contributed by atoms with Crippen molar-refractivity contribution in [2.45, 2.75) is 39.2 Å². The molecular formula is C13H20ClN3O. The van der Waals surface area contributed by atoms with E-state index in [0.29, 0.717) is 23.7 Å². The highest BCUT2D eigenvalue weighted by Gasteiger charge is 2.20. The molecule has 0 saturated carbocycles. The second kappa shape index (κ2) is 5.85. The normalized spacial score (nSPS) is 21.0. The first-order valence-electron chi connectivity index (χ1n) is 6.41. The maximum absolute atomic E-state index is 6.04. The molecule has 2 heterocycles. The molecule has 5 heteroatoms. The van der Waals surface area contributed by atoms with Crippen molar-refractivity contribution in [1.82, 2.24) is 14.9 Å². The predicted octanol–water partition coefficient (Wildman–Crippen LogP) is 2.61. The van der Waals surface area contributed by atoms with Gasteiger partial charge in [0, 0.05) is 6.04 Å². The number of aryl methyl sites for hydroxylation is 2. The summed E-state index contributed by atoms with van der Waals surface area (Å²) < 4.78 is 5.74. The van der Waals surface area contributed by atoms with E-state index in [1.165, 1.54) is 19.3 Å². The van der Waals surface area contributed by atoms with Gasteiger partial charge in [-0.1, -0.05) is 18.0 Å². The van der Waals surface area contributed by atoms with E-state index in [1.54, 1.807) is 0 Å². The topological polar surface area (TPSA) is 38.2 Å². The molecule has 100 valence electrons. The van der Waals surface area contributed by atoms with Crippen LogP contribution in [0.15, 0.2) is 0 Å². The first-order chi connectivity index (χ1) is 8.58. The summed E-state index contributed by atoms with van der Waals surface area (Å²) in [6.45, 7) is 5.58. The number of hydrogen-bond acceptors (Lipinski definition) is 4. The fourth-order valence-corrected chi connectivity index (χ4v) is 2.40. The van der Waals surface area contributed by atoms with Gasteiger partial charge < -0.3 is 9.64 Å². The van der Waals surface area contributed by atoms with E-state index in [0.717, 1.165) is 17.9 Å². The Kier molecular flexibility index (Phi) is 4.40. The summed E-state index contributed by atoms with van der Waals surface area (Å²) in [5.74, 6) is 0.457. The largest absolute Gasteiger partial charge is 0.474 e. The number of hydrogen-bond donors (Lipinski definition) is 0. The predicted molar refractivity (Wildman–Crippen MR) is 72.3 cm³/mol. The molecule has 4 nitrogen and oxygen atoms in total. The molecule has 1 atom stereocenters. The molecule has 0 spiro atoms. The molecule has 18 heavy (non-hydrogen) atoms. The lowest BCUT2D eigenvalue weighted by molar-refractivity contribution is 0.122. The van der Waals surface area contributed by atoms with E-state index < -0.39 is 0 Å². The lowest BCUT2D eigenvalue weighted by Crippen LogP contribution is -2.40. The van der Waals surface area contributed by atoms with Crippen LogP contribution in [0, 0.1) is 13.8 Å². The fourth-order valence-electron chi connectivity index (χ4n) is 2.18. The molecule has 0 amide bonds. The minimum absolute atomic E-state index is 0.358. The van der Waals surface area contributed by atoms with E-state index >= 15 is 0 Å². The third-order valence-corrected chi connectivity index (χ3v) is 3.82. The van der Waals surface area contributed by atoms with Crippen LogP contribution in [0.25, 0.3) is 0 Å². The zero-order valence-electron chi connectivity index (χ0n) is 11.2. The maximum Gasteiger partial charge on any atom is 0.252 e. The van der Waals surface area contributed by atoms with Crippen molar-refractivity contribution in [3.63, 3.8) is 0 Å². The van der Waals surface area contributed by atoms with Gasteiger partial charge in [0.2, 0.25) is 0 Å². The molecule has 0 N–H and O–H groups in total. The summed E-state index contributed by atoms with van der Waals surface area (Å²) in [4.78, 5) is 10.9.